The molecule has 2 heterocycles. The Bertz CT molecular complexity index is 1240. The lowest BCUT2D eigenvalue weighted by molar-refractivity contribution is 0.323. The fraction of sp³-hybridized carbons (Fsp3) is 0.190. The SMILES string of the molecule is COc1ccc2nc(N=Cc3nc(-c4cc(OC)c(OC)c(OC)c4)oc3O)sc2c1. The van der Waals surface area contributed by atoms with Crippen LogP contribution in [0.25, 0.3) is 21.7 Å². The van der Waals surface area contributed by atoms with Gasteiger partial charge in [0.25, 0.3) is 0 Å². The molecule has 0 bridgehead atoms. The third kappa shape index (κ3) is 3.97. The van der Waals surface area contributed by atoms with Crippen molar-refractivity contribution in [2.75, 3.05) is 28.4 Å². The number of aliphatic imine (C=N–C) groups is 1. The van der Waals surface area contributed by atoms with Crippen LogP contribution in [0.2, 0.25) is 0 Å². The minimum atomic E-state index is -0.365. The van der Waals surface area contributed by atoms with Crippen molar-refractivity contribution in [3.05, 3.63) is 36.0 Å². The predicted molar refractivity (Wildman–Crippen MR) is 117 cm³/mol. The number of aromatic nitrogens is 2. The first-order chi connectivity index (χ1) is 15.1. The average Bonchev–Trinajstić information content (AvgIpc) is 3.38. The molecule has 0 aliphatic rings. The first kappa shape index (κ1) is 20.5. The van der Waals surface area contributed by atoms with Crippen molar-refractivity contribution < 1.29 is 28.5 Å². The second-order valence-corrected chi connectivity index (χ2v) is 7.22. The number of fused-ring (bicyclic) bond motifs is 1. The van der Waals surface area contributed by atoms with E-state index in [0.29, 0.717) is 27.9 Å². The molecule has 0 unspecified atom stereocenters. The lowest BCUT2D eigenvalue weighted by Gasteiger charge is -2.12. The molecule has 0 saturated carbocycles. The molecular formula is C21H19N3O6S. The molecule has 4 aromatic rings. The largest absolute Gasteiger partial charge is 0.497 e. The number of aromatic hydroxyl groups is 1. The monoisotopic (exact) mass is 441 g/mol. The number of methoxy groups -OCH3 is 4. The van der Waals surface area contributed by atoms with Crippen LogP contribution < -0.4 is 18.9 Å². The maximum absolute atomic E-state index is 10.2. The van der Waals surface area contributed by atoms with Gasteiger partial charge in [0.1, 0.15) is 5.75 Å². The van der Waals surface area contributed by atoms with Crippen LogP contribution in [0, 0.1) is 0 Å². The number of nitrogens with zero attached hydrogens (tertiary/aromatic N) is 3. The molecule has 9 nitrogen and oxygen atoms in total. The van der Waals surface area contributed by atoms with Gasteiger partial charge in [-0.05, 0) is 30.3 Å². The summed E-state index contributed by atoms with van der Waals surface area (Å²) < 4.78 is 27.6. The zero-order valence-electron chi connectivity index (χ0n) is 17.2. The molecule has 0 aliphatic heterocycles. The summed E-state index contributed by atoms with van der Waals surface area (Å²) >= 11 is 1.39. The van der Waals surface area contributed by atoms with Crippen LogP contribution in [0.1, 0.15) is 5.69 Å². The predicted octanol–water partition coefficient (Wildman–Crippen LogP) is 4.44. The number of oxazole rings is 1. The van der Waals surface area contributed by atoms with Gasteiger partial charge < -0.3 is 28.5 Å². The molecule has 0 atom stereocenters. The minimum Gasteiger partial charge on any atom is -0.497 e. The molecule has 0 fully saturated rings. The number of rotatable bonds is 7. The van der Waals surface area contributed by atoms with Crippen LogP contribution in [0.3, 0.4) is 0 Å². The fourth-order valence-electron chi connectivity index (χ4n) is 2.93. The van der Waals surface area contributed by atoms with Gasteiger partial charge >= 0.3 is 5.95 Å². The van der Waals surface area contributed by atoms with Gasteiger partial charge in [-0.25, -0.2) is 15.0 Å². The first-order valence-electron chi connectivity index (χ1n) is 9.05. The molecular weight excluding hydrogens is 422 g/mol. The van der Waals surface area contributed by atoms with E-state index in [1.54, 1.807) is 19.2 Å². The van der Waals surface area contributed by atoms with Gasteiger partial charge in [-0.1, -0.05) is 11.3 Å². The quantitative estimate of drug-likeness (QED) is 0.419. The van der Waals surface area contributed by atoms with E-state index in [2.05, 4.69) is 15.0 Å². The first-order valence-corrected chi connectivity index (χ1v) is 9.86. The van der Waals surface area contributed by atoms with Gasteiger partial charge in [0.15, 0.2) is 17.2 Å². The van der Waals surface area contributed by atoms with Crippen molar-refractivity contribution in [3.8, 4) is 40.4 Å². The van der Waals surface area contributed by atoms with Crippen LogP contribution in [0.15, 0.2) is 39.7 Å². The number of thiazole rings is 1. The van der Waals surface area contributed by atoms with E-state index in [4.69, 9.17) is 23.4 Å². The van der Waals surface area contributed by atoms with Crippen molar-refractivity contribution in [3.63, 3.8) is 0 Å². The summed E-state index contributed by atoms with van der Waals surface area (Å²) in [4.78, 5) is 13.1. The summed E-state index contributed by atoms with van der Waals surface area (Å²) in [7, 11) is 6.16. The van der Waals surface area contributed by atoms with Gasteiger partial charge in [-0.15, -0.1) is 0 Å². The summed E-state index contributed by atoms with van der Waals surface area (Å²) in [5.41, 5.74) is 1.51. The van der Waals surface area contributed by atoms with E-state index < -0.39 is 0 Å². The summed E-state index contributed by atoms with van der Waals surface area (Å²) in [5, 5.41) is 10.7. The topological polar surface area (TPSA) is 108 Å². The lowest BCUT2D eigenvalue weighted by Crippen LogP contribution is -1.95. The highest BCUT2D eigenvalue weighted by Crippen LogP contribution is 2.41. The number of ether oxygens (including phenoxy) is 4. The normalized spacial score (nSPS) is 11.2. The molecule has 0 spiro atoms. The zero-order valence-corrected chi connectivity index (χ0v) is 18.0. The van der Waals surface area contributed by atoms with Crippen molar-refractivity contribution in [1.29, 1.82) is 0 Å². The van der Waals surface area contributed by atoms with E-state index in [9.17, 15) is 5.11 Å². The molecule has 0 radical (unpaired) electrons. The average molecular weight is 441 g/mol. The zero-order chi connectivity index (χ0) is 22.0. The summed E-state index contributed by atoms with van der Waals surface area (Å²) in [6.45, 7) is 0. The van der Waals surface area contributed by atoms with Gasteiger partial charge in [0.2, 0.25) is 16.8 Å². The highest BCUT2D eigenvalue weighted by molar-refractivity contribution is 7.22. The third-order valence-electron chi connectivity index (χ3n) is 4.43. The smallest absolute Gasteiger partial charge is 0.312 e. The van der Waals surface area contributed by atoms with E-state index in [0.717, 1.165) is 16.0 Å². The van der Waals surface area contributed by atoms with Gasteiger partial charge in [0.05, 0.1) is 44.9 Å². The van der Waals surface area contributed by atoms with Crippen LogP contribution in [0.4, 0.5) is 5.13 Å². The standard InChI is InChI=1S/C21H19N3O6S/c1-26-12-5-6-13-17(9-12)31-21(24-13)22-10-14-20(25)30-19(23-14)11-7-15(27-2)18(29-4)16(8-11)28-3/h5-10,25H,1-4H3. The maximum Gasteiger partial charge on any atom is 0.312 e. The Morgan fingerprint density at radius 2 is 1.71 bits per heavy atom. The Morgan fingerprint density at radius 3 is 2.35 bits per heavy atom. The molecule has 4 rings (SSSR count). The number of hydrogen-bond acceptors (Lipinski definition) is 10. The summed E-state index contributed by atoms with van der Waals surface area (Å²) in [5.74, 6) is 1.88. The highest BCUT2D eigenvalue weighted by atomic mass is 32.1. The maximum atomic E-state index is 10.2. The Morgan fingerprint density at radius 1 is 0.968 bits per heavy atom. The summed E-state index contributed by atoms with van der Waals surface area (Å²) in [6, 6.07) is 8.94. The van der Waals surface area contributed by atoms with E-state index in [-0.39, 0.29) is 17.5 Å². The van der Waals surface area contributed by atoms with E-state index in [1.165, 1.54) is 38.9 Å². The van der Waals surface area contributed by atoms with Crippen molar-refractivity contribution in [2.24, 2.45) is 4.99 Å². The molecule has 160 valence electrons. The van der Waals surface area contributed by atoms with Gasteiger partial charge in [0, 0.05) is 5.56 Å². The molecule has 10 heteroatoms. The minimum absolute atomic E-state index is 0.167. The molecule has 2 aromatic carbocycles. The second kappa shape index (κ2) is 8.52. The number of benzene rings is 2. The Hall–Kier alpha value is -3.79. The Kier molecular flexibility index (Phi) is 5.63. The molecule has 1 N–H and O–H groups in total. The second-order valence-electron chi connectivity index (χ2n) is 6.21. The highest BCUT2D eigenvalue weighted by Gasteiger charge is 2.19. The molecule has 31 heavy (non-hydrogen) atoms. The van der Waals surface area contributed by atoms with Crippen LogP contribution in [-0.2, 0) is 0 Å². The van der Waals surface area contributed by atoms with Crippen LogP contribution >= 0.6 is 11.3 Å². The lowest BCUT2D eigenvalue weighted by atomic mass is 10.2. The number of hydrogen-bond donors (Lipinski definition) is 1. The Balaban J connectivity index is 1.65. The molecule has 0 saturated heterocycles. The third-order valence-corrected chi connectivity index (χ3v) is 5.35. The Labute approximate surface area is 181 Å². The fourth-order valence-corrected chi connectivity index (χ4v) is 3.77. The van der Waals surface area contributed by atoms with E-state index >= 15 is 0 Å². The van der Waals surface area contributed by atoms with Gasteiger partial charge in [-0.3, -0.25) is 0 Å². The molecule has 2 aromatic heterocycles. The van der Waals surface area contributed by atoms with Gasteiger partial charge in [-0.2, -0.15) is 0 Å². The van der Waals surface area contributed by atoms with E-state index in [1.807, 2.05) is 18.2 Å². The van der Waals surface area contributed by atoms with Crippen LogP contribution in [0.5, 0.6) is 28.9 Å². The van der Waals surface area contributed by atoms with Crippen LogP contribution in [-0.4, -0.2) is 49.7 Å². The molecule has 0 amide bonds. The summed E-state index contributed by atoms with van der Waals surface area (Å²) in [6.07, 6.45) is 1.40. The van der Waals surface area contributed by atoms with Crippen molar-refractivity contribution in [2.45, 2.75) is 0 Å². The van der Waals surface area contributed by atoms with Crippen molar-refractivity contribution in [1.82, 2.24) is 9.97 Å². The van der Waals surface area contributed by atoms with Crippen molar-refractivity contribution >= 4 is 32.9 Å². The molecule has 0 aliphatic carbocycles.